The summed E-state index contributed by atoms with van der Waals surface area (Å²) in [7, 11) is 0.255. The number of hydrogen-bond acceptors (Lipinski definition) is 6. The highest BCUT2D eigenvalue weighted by molar-refractivity contribution is 7.90. The van der Waals surface area contributed by atoms with E-state index in [0.29, 0.717) is 23.9 Å². The van der Waals surface area contributed by atoms with E-state index in [2.05, 4.69) is 4.98 Å². The number of anilines is 2. The van der Waals surface area contributed by atoms with Gasteiger partial charge in [-0.1, -0.05) is 0 Å². The fraction of sp³-hybridized carbons (Fsp3) is 0.500. The molecule has 1 heterocycles. The van der Waals surface area contributed by atoms with Crippen LogP contribution < -0.4 is 15.4 Å². The number of methoxy groups -OCH3 is 1. The second kappa shape index (κ2) is 5.22. The second-order valence-electron chi connectivity index (χ2n) is 3.82. The topological polar surface area (TPSA) is 85.5 Å². The Bertz CT molecular complexity index is 488. The predicted octanol–water partition coefficient (Wildman–Crippen LogP) is 0.153. The van der Waals surface area contributed by atoms with E-state index < -0.39 is 9.84 Å². The monoisotopic (exact) mass is 259 g/mol. The minimum absolute atomic E-state index is 0.0574. The summed E-state index contributed by atoms with van der Waals surface area (Å²) in [6, 6.07) is 3.33. The van der Waals surface area contributed by atoms with Gasteiger partial charge >= 0.3 is 0 Å². The van der Waals surface area contributed by atoms with Crippen LogP contribution >= 0.6 is 0 Å². The zero-order valence-electron chi connectivity index (χ0n) is 10.2. The van der Waals surface area contributed by atoms with Crippen molar-refractivity contribution < 1.29 is 13.2 Å². The summed E-state index contributed by atoms with van der Waals surface area (Å²) in [5.74, 6) is 1.02. The zero-order valence-corrected chi connectivity index (χ0v) is 11.0. The zero-order chi connectivity index (χ0) is 13.1. The van der Waals surface area contributed by atoms with Crippen LogP contribution in [0.25, 0.3) is 0 Å². The minimum Gasteiger partial charge on any atom is -0.481 e. The van der Waals surface area contributed by atoms with Gasteiger partial charge < -0.3 is 15.4 Å². The summed E-state index contributed by atoms with van der Waals surface area (Å²) in [6.07, 6.45) is 1.20. The molecule has 0 saturated carbocycles. The van der Waals surface area contributed by atoms with Crippen LogP contribution in [-0.4, -0.2) is 46.1 Å². The first-order valence-electron chi connectivity index (χ1n) is 5.03. The molecule has 7 heteroatoms. The van der Waals surface area contributed by atoms with E-state index >= 15 is 0 Å². The lowest BCUT2D eigenvalue weighted by atomic mass is 10.3. The summed E-state index contributed by atoms with van der Waals surface area (Å²) >= 11 is 0. The van der Waals surface area contributed by atoms with E-state index in [1.807, 2.05) is 0 Å². The molecule has 0 atom stereocenters. The molecule has 0 aliphatic heterocycles. The molecule has 0 fully saturated rings. The van der Waals surface area contributed by atoms with E-state index in [1.165, 1.54) is 13.4 Å². The third kappa shape index (κ3) is 4.10. The van der Waals surface area contributed by atoms with E-state index in [0.717, 1.165) is 0 Å². The highest BCUT2D eigenvalue weighted by atomic mass is 32.2. The average molecular weight is 259 g/mol. The standard InChI is InChI=1S/C10H17N3O3S/c1-13(6-7-17(3,14)15)10-8(11)4-5-9(12-10)16-2/h4-5H,6-7,11H2,1-3H3. The number of pyridine rings is 1. The average Bonchev–Trinajstić information content (AvgIpc) is 2.25. The van der Waals surface area contributed by atoms with Crippen molar-refractivity contribution in [1.29, 1.82) is 0 Å². The number of nitrogens with two attached hydrogens (primary N) is 1. The summed E-state index contributed by atoms with van der Waals surface area (Å²) in [5.41, 5.74) is 6.26. The van der Waals surface area contributed by atoms with Crippen LogP contribution in [0.4, 0.5) is 11.5 Å². The smallest absolute Gasteiger partial charge is 0.215 e. The molecule has 0 aromatic carbocycles. The number of ether oxygens (including phenoxy) is 1. The Morgan fingerprint density at radius 3 is 2.65 bits per heavy atom. The number of rotatable bonds is 5. The summed E-state index contributed by atoms with van der Waals surface area (Å²) in [4.78, 5) is 5.87. The van der Waals surface area contributed by atoms with Gasteiger partial charge in [-0.05, 0) is 6.07 Å². The van der Waals surface area contributed by atoms with E-state index in [9.17, 15) is 8.42 Å². The summed E-state index contributed by atoms with van der Waals surface area (Å²) in [5, 5.41) is 0. The van der Waals surface area contributed by atoms with Gasteiger partial charge in [0.15, 0.2) is 5.82 Å². The first-order valence-corrected chi connectivity index (χ1v) is 7.09. The molecule has 0 spiro atoms. The number of sulfone groups is 1. The van der Waals surface area contributed by atoms with Gasteiger partial charge in [-0.15, -0.1) is 0 Å². The molecule has 0 radical (unpaired) electrons. The normalized spacial score (nSPS) is 11.2. The Morgan fingerprint density at radius 1 is 1.47 bits per heavy atom. The number of hydrogen-bond donors (Lipinski definition) is 1. The molecule has 6 nitrogen and oxygen atoms in total. The van der Waals surface area contributed by atoms with E-state index in [-0.39, 0.29) is 5.75 Å². The molecule has 0 aliphatic rings. The van der Waals surface area contributed by atoms with Crippen molar-refractivity contribution in [1.82, 2.24) is 4.98 Å². The van der Waals surface area contributed by atoms with Crippen molar-refractivity contribution in [3.05, 3.63) is 12.1 Å². The third-order valence-electron chi connectivity index (χ3n) is 2.25. The summed E-state index contributed by atoms with van der Waals surface area (Å²) < 4.78 is 27.1. The van der Waals surface area contributed by atoms with Gasteiger partial charge in [0.1, 0.15) is 9.84 Å². The molecule has 96 valence electrons. The second-order valence-corrected chi connectivity index (χ2v) is 6.08. The van der Waals surface area contributed by atoms with Crippen LogP contribution in [0, 0.1) is 0 Å². The molecule has 0 aliphatic carbocycles. The van der Waals surface area contributed by atoms with Crippen molar-refractivity contribution in [2.24, 2.45) is 0 Å². The van der Waals surface area contributed by atoms with Gasteiger partial charge in [-0.2, -0.15) is 4.98 Å². The van der Waals surface area contributed by atoms with Crippen LogP contribution in [0.15, 0.2) is 12.1 Å². The molecule has 0 bridgehead atoms. The van der Waals surface area contributed by atoms with Gasteiger partial charge in [0.2, 0.25) is 5.88 Å². The lowest BCUT2D eigenvalue weighted by molar-refractivity contribution is 0.398. The van der Waals surface area contributed by atoms with Gasteiger partial charge in [-0.25, -0.2) is 8.42 Å². The first-order chi connectivity index (χ1) is 7.83. The Kier molecular flexibility index (Phi) is 4.17. The summed E-state index contributed by atoms with van der Waals surface area (Å²) in [6.45, 7) is 0.337. The fourth-order valence-electron chi connectivity index (χ4n) is 1.27. The van der Waals surface area contributed by atoms with Crippen LogP contribution in [0.5, 0.6) is 5.88 Å². The minimum atomic E-state index is -3.00. The molecule has 0 saturated heterocycles. The van der Waals surface area contributed by atoms with Crippen molar-refractivity contribution in [2.45, 2.75) is 0 Å². The number of aromatic nitrogens is 1. The Labute approximate surface area is 101 Å². The maximum absolute atomic E-state index is 11.1. The van der Waals surface area contributed by atoms with Crippen LogP contribution in [0.3, 0.4) is 0 Å². The van der Waals surface area contributed by atoms with E-state index in [1.54, 1.807) is 24.1 Å². The van der Waals surface area contributed by atoms with Crippen LogP contribution in [0.2, 0.25) is 0 Å². The Morgan fingerprint density at radius 2 is 2.12 bits per heavy atom. The molecular weight excluding hydrogens is 242 g/mol. The van der Waals surface area contributed by atoms with Crippen LogP contribution in [0.1, 0.15) is 0 Å². The molecule has 17 heavy (non-hydrogen) atoms. The van der Waals surface area contributed by atoms with Crippen molar-refractivity contribution in [2.75, 3.05) is 43.3 Å². The molecule has 1 aromatic heterocycles. The van der Waals surface area contributed by atoms with Gasteiger partial charge in [0.25, 0.3) is 0 Å². The lowest BCUT2D eigenvalue weighted by Crippen LogP contribution is -2.26. The molecule has 0 amide bonds. The van der Waals surface area contributed by atoms with Gasteiger partial charge in [-0.3, -0.25) is 0 Å². The van der Waals surface area contributed by atoms with Crippen molar-refractivity contribution in [3.8, 4) is 5.88 Å². The molecule has 1 aromatic rings. The van der Waals surface area contributed by atoms with E-state index in [4.69, 9.17) is 10.5 Å². The number of nitrogens with zero attached hydrogens (tertiary/aromatic N) is 2. The van der Waals surface area contributed by atoms with Gasteiger partial charge in [0.05, 0.1) is 18.6 Å². The molecule has 0 unspecified atom stereocenters. The number of nitrogen functional groups attached to an aromatic ring is 1. The largest absolute Gasteiger partial charge is 0.481 e. The van der Waals surface area contributed by atoms with Crippen molar-refractivity contribution in [3.63, 3.8) is 0 Å². The SMILES string of the molecule is COc1ccc(N)c(N(C)CCS(C)(=O)=O)n1. The Balaban J connectivity index is 2.84. The maximum atomic E-state index is 11.1. The molecular formula is C10H17N3O3S. The molecule has 1 rings (SSSR count). The lowest BCUT2D eigenvalue weighted by Gasteiger charge is -2.19. The fourth-order valence-corrected chi connectivity index (χ4v) is 1.88. The molecule has 2 N–H and O–H groups in total. The quantitative estimate of drug-likeness (QED) is 0.810. The first kappa shape index (κ1) is 13.6. The predicted molar refractivity (Wildman–Crippen MR) is 68.2 cm³/mol. The highest BCUT2D eigenvalue weighted by Gasteiger charge is 2.11. The highest BCUT2D eigenvalue weighted by Crippen LogP contribution is 2.22. The Hall–Kier alpha value is -1.50. The van der Waals surface area contributed by atoms with Crippen molar-refractivity contribution >= 4 is 21.3 Å². The van der Waals surface area contributed by atoms with Gasteiger partial charge in [0, 0.05) is 25.9 Å². The van der Waals surface area contributed by atoms with Crippen LogP contribution in [-0.2, 0) is 9.84 Å². The maximum Gasteiger partial charge on any atom is 0.215 e. The third-order valence-corrected chi connectivity index (χ3v) is 3.17.